The van der Waals surface area contributed by atoms with Gasteiger partial charge in [0, 0.05) is 37.3 Å². The lowest BCUT2D eigenvalue weighted by atomic mass is 10.0. The first-order valence-corrected chi connectivity index (χ1v) is 11.5. The molecule has 0 N–H and O–H groups in total. The standard InChI is InChI=1S/C24H27Cl2FN2O4/c1-24(2,3)33-23(30)29-9-8-28-12-16-19(31-4)10-15(20-17(25)6-5-7-18(20)27)21(26)22(16)32-13-14(28)11-29/h5-7,10,14H,8-9,11-13H2,1-4H3/t14-/m1/s1. The predicted octanol–water partition coefficient (Wildman–Crippen LogP) is 5.62. The molecule has 2 aromatic rings. The molecule has 0 saturated carbocycles. The highest BCUT2D eigenvalue weighted by molar-refractivity contribution is 6.37. The van der Waals surface area contributed by atoms with Crippen molar-refractivity contribution in [1.82, 2.24) is 9.80 Å². The molecule has 1 amide bonds. The maximum absolute atomic E-state index is 14.7. The van der Waals surface area contributed by atoms with Crippen molar-refractivity contribution in [3.05, 3.63) is 45.7 Å². The molecule has 2 heterocycles. The Bertz CT molecular complexity index is 1050. The number of amides is 1. The zero-order valence-corrected chi connectivity index (χ0v) is 20.6. The lowest BCUT2D eigenvalue weighted by Gasteiger charge is -2.40. The average molecular weight is 497 g/mol. The molecule has 2 aromatic carbocycles. The van der Waals surface area contributed by atoms with Crippen LogP contribution in [0.5, 0.6) is 11.5 Å². The van der Waals surface area contributed by atoms with Crippen LogP contribution in [0.4, 0.5) is 9.18 Å². The van der Waals surface area contributed by atoms with Gasteiger partial charge in [-0.1, -0.05) is 29.3 Å². The summed E-state index contributed by atoms with van der Waals surface area (Å²) >= 11 is 13.0. The third kappa shape index (κ3) is 4.86. The number of ether oxygens (including phenoxy) is 3. The largest absolute Gasteiger partial charge is 0.496 e. The quantitative estimate of drug-likeness (QED) is 0.539. The van der Waals surface area contributed by atoms with E-state index in [1.165, 1.54) is 6.07 Å². The van der Waals surface area contributed by atoms with E-state index in [0.717, 1.165) is 5.56 Å². The minimum atomic E-state index is -0.560. The normalized spacial score (nSPS) is 18.6. The summed E-state index contributed by atoms with van der Waals surface area (Å²) in [4.78, 5) is 16.5. The molecule has 9 heteroatoms. The highest BCUT2D eigenvalue weighted by Gasteiger charge is 2.36. The maximum atomic E-state index is 14.7. The van der Waals surface area contributed by atoms with Crippen molar-refractivity contribution in [2.45, 2.75) is 39.0 Å². The number of methoxy groups -OCH3 is 1. The highest BCUT2D eigenvalue weighted by atomic mass is 35.5. The Balaban J connectivity index is 1.65. The van der Waals surface area contributed by atoms with E-state index in [1.54, 1.807) is 30.2 Å². The molecule has 0 spiro atoms. The smallest absolute Gasteiger partial charge is 0.410 e. The number of halogens is 3. The summed E-state index contributed by atoms with van der Waals surface area (Å²) in [6.07, 6.45) is -0.337. The van der Waals surface area contributed by atoms with Gasteiger partial charge in [-0.25, -0.2) is 9.18 Å². The fraction of sp³-hybridized carbons (Fsp3) is 0.458. The minimum Gasteiger partial charge on any atom is -0.496 e. The third-order valence-electron chi connectivity index (χ3n) is 5.77. The number of carbonyl (C=O) groups excluding carboxylic acids is 1. The van der Waals surface area contributed by atoms with E-state index in [0.29, 0.717) is 49.8 Å². The number of rotatable bonds is 2. The number of fused-ring (bicyclic) bond motifs is 2. The maximum Gasteiger partial charge on any atom is 0.410 e. The highest BCUT2D eigenvalue weighted by Crippen LogP contribution is 2.47. The van der Waals surface area contributed by atoms with E-state index in [1.807, 2.05) is 20.8 Å². The van der Waals surface area contributed by atoms with Gasteiger partial charge in [0.15, 0.2) is 0 Å². The van der Waals surface area contributed by atoms with E-state index in [4.69, 9.17) is 37.4 Å². The van der Waals surface area contributed by atoms with Gasteiger partial charge in [0.2, 0.25) is 0 Å². The van der Waals surface area contributed by atoms with E-state index in [9.17, 15) is 9.18 Å². The fourth-order valence-corrected chi connectivity index (χ4v) is 4.78. The molecule has 2 aliphatic rings. The van der Waals surface area contributed by atoms with Crippen molar-refractivity contribution in [2.75, 3.05) is 33.4 Å². The molecule has 1 atom stereocenters. The molecule has 6 nitrogen and oxygen atoms in total. The molecule has 0 unspecified atom stereocenters. The Kier molecular flexibility index (Phi) is 6.67. The first-order valence-electron chi connectivity index (χ1n) is 10.8. The molecular formula is C24H27Cl2FN2O4. The summed E-state index contributed by atoms with van der Waals surface area (Å²) in [5.74, 6) is 0.507. The van der Waals surface area contributed by atoms with E-state index in [-0.39, 0.29) is 27.7 Å². The van der Waals surface area contributed by atoms with Crippen LogP contribution in [0.2, 0.25) is 10.0 Å². The molecule has 33 heavy (non-hydrogen) atoms. The van der Waals surface area contributed by atoms with Gasteiger partial charge in [-0.2, -0.15) is 0 Å². The Morgan fingerprint density at radius 1 is 1.24 bits per heavy atom. The zero-order chi connectivity index (χ0) is 23.9. The van der Waals surface area contributed by atoms with Gasteiger partial charge in [0.25, 0.3) is 0 Å². The summed E-state index contributed by atoms with van der Waals surface area (Å²) in [6.45, 7) is 8.03. The van der Waals surface area contributed by atoms with Crippen LogP contribution in [-0.2, 0) is 11.3 Å². The topological polar surface area (TPSA) is 51.2 Å². The Hall–Kier alpha value is -2.22. The lowest BCUT2D eigenvalue weighted by molar-refractivity contribution is -0.00160. The number of nitrogens with zero attached hydrogens (tertiary/aromatic N) is 2. The van der Waals surface area contributed by atoms with Crippen molar-refractivity contribution in [1.29, 1.82) is 0 Å². The first kappa shape index (κ1) is 23.9. The fourth-order valence-electron chi connectivity index (χ4n) is 4.20. The SMILES string of the molecule is COc1cc(-c2c(F)cccc2Cl)c(Cl)c2c1CN1CCN(C(=O)OC(C)(C)C)C[C@@H]1CO2. The number of benzene rings is 2. The molecule has 0 aliphatic carbocycles. The molecular weight excluding hydrogens is 470 g/mol. The van der Waals surface area contributed by atoms with Gasteiger partial charge < -0.3 is 19.1 Å². The average Bonchev–Trinajstić information content (AvgIpc) is 2.93. The molecule has 2 aliphatic heterocycles. The van der Waals surface area contributed by atoms with Crippen molar-refractivity contribution in [3.63, 3.8) is 0 Å². The van der Waals surface area contributed by atoms with Crippen molar-refractivity contribution in [3.8, 4) is 22.6 Å². The van der Waals surface area contributed by atoms with Crippen LogP contribution in [0.25, 0.3) is 11.1 Å². The van der Waals surface area contributed by atoms with Crippen LogP contribution in [0.1, 0.15) is 26.3 Å². The molecule has 4 rings (SSSR count). The molecule has 178 valence electrons. The van der Waals surface area contributed by atoms with Crippen LogP contribution >= 0.6 is 23.2 Å². The molecule has 0 radical (unpaired) electrons. The molecule has 1 saturated heterocycles. The second-order valence-electron chi connectivity index (χ2n) is 9.21. The molecule has 0 aromatic heterocycles. The Morgan fingerprint density at radius 3 is 2.67 bits per heavy atom. The summed E-state index contributed by atoms with van der Waals surface area (Å²) in [7, 11) is 1.55. The van der Waals surface area contributed by atoms with Crippen LogP contribution in [-0.4, -0.2) is 60.9 Å². The minimum absolute atomic E-state index is 0.0556. The Labute approximate surface area is 203 Å². The third-order valence-corrected chi connectivity index (χ3v) is 6.46. The van der Waals surface area contributed by atoms with Crippen molar-refractivity contribution in [2.24, 2.45) is 0 Å². The second kappa shape index (κ2) is 9.20. The Morgan fingerprint density at radius 2 is 2.00 bits per heavy atom. The van der Waals surface area contributed by atoms with Crippen LogP contribution < -0.4 is 9.47 Å². The van der Waals surface area contributed by atoms with E-state index >= 15 is 0 Å². The summed E-state index contributed by atoms with van der Waals surface area (Å²) in [5, 5.41) is 0.527. The second-order valence-corrected chi connectivity index (χ2v) is 9.99. The summed E-state index contributed by atoms with van der Waals surface area (Å²) in [6, 6.07) is 6.13. The predicted molar refractivity (Wildman–Crippen MR) is 126 cm³/mol. The zero-order valence-electron chi connectivity index (χ0n) is 19.1. The number of carbonyl (C=O) groups is 1. The van der Waals surface area contributed by atoms with Crippen molar-refractivity contribution < 1.29 is 23.4 Å². The molecule has 1 fully saturated rings. The van der Waals surface area contributed by atoms with Crippen molar-refractivity contribution >= 4 is 29.3 Å². The number of piperazine rings is 1. The van der Waals surface area contributed by atoms with Gasteiger partial charge >= 0.3 is 6.09 Å². The van der Waals surface area contributed by atoms with Gasteiger partial charge in [0.1, 0.15) is 29.5 Å². The monoisotopic (exact) mass is 496 g/mol. The first-order chi connectivity index (χ1) is 15.6. The molecule has 0 bridgehead atoms. The number of hydrogen-bond donors (Lipinski definition) is 0. The van der Waals surface area contributed by atoms with Gasteiger partial charge in [0.05, 0.1) is 28.8 Å². The summed E-state index contributed by atoms with van der Waals surface area (Å²) < 4.78 is 32.0. The van der Waals surface area contributed by atoms with Crippen LogP contribution in [0.15, 0.2) is 24.3 Å². The van der Waals surface area contributed by atoms with Gasteiger partial charge in [-0.05, 0) is 39.0 Å². The number of hydrogen-bond acceptors (Lipinski definition) is 5. The summed E-state index contributed by atoms with van der Waals surface area (Å²) in [5.41, 5.74) is 0.833. The van der Waals surface area contributed by atoms with Gasteiger partial charge in [-0.15, -0.1) is 0 Å². The van der Waals surface area contributed by atoms with E-state index < -0.39 is 11.4 Å². The van der Waals surface area contributed by atoms with E-state index in [2.05, 4.69) is 4.90 Å². The van der Waals surface area contributed by atoms with Gasteiger partial charge in [-0.3, -0.25) is 4.90 Å². The lowest BCUT2D eigenvalue weighted by Crippen LogP contribution is -2.56. The van der Waals surface area contributed by atoms with Crippen LogP contribution in [0, 0.1) is 5.82 Å². The van der Waals surface area contributed by atoms with Crippen LogP contribution in [0.3, 0.4) is 0 Å².